The van der Waals surface area contributed by atoms with Gasteiger partial charge in [0.2, 0.25) is 0 Å². The summed E-state index contributed by atoms with van der Waals surface area (Å²) >= 11 is 0. The van der Waals surface area contributed by atoms with E-state index in [-0.39, 0.29) is 5.91 Å². The lowest BCUT2D eigenvalue weighted by molar-refractivity contribution is 0.0691. The van der Waals surface area contributed by atoms with E-state index in [1.165, 1.54) is 0 Å². The van der Waals surface area contributed by atoms with E-state index >= 15 is 0 Å². The number of amides is 1. The Labute approximate surface area is 160 Å². The molecule has 27 heavy (non-hydrogen) atoms. The fraction of sp³-hybridized carbons (Fsp3) is 0.250. The van der Waals surface area contributed by atoms with E-state index in [0.717, 1.165) is 48.3 Å². The summed E-state index contributed by atoms with van der Waals surface area (Å²) in [4.78, 5) is 19.6. The smallest absolute Gasteiger partial charge is 0.272 e. The van der Waals surface area contributed by atoms with Gasteiger partial charge in [0.1, 0.15) is 5.69 Å². The first-order chi connectivity index (χ1) is 13.2. The van der Waals surface area contributed by atoms with Gasteiger partial charge in [-0.3, -0.25) is 4.79 Å². The normalized spacial score (nSPS) is 14.9. The Bertz CT molecular complexity index is 928. The number of carbonyl (C=O) groups excluding carboxylic acids is 1. The van der Waals surface area contributed by atoms with E-state index in [1.807, 2.05) is 53.4 Å². The average molecular weight is 356 g/mol. The van der Waals surface area contributed by atoms with Crippen molar-refractivity contribution in [1.29, 1.82) is 0 Å². The molecule has 0 atom stereocenters. The number of piperidine rings is 1. The van der Waals surface area contributed by atoms with Crippen molar-refractivity contribution in [2.75, 3.05) is 13.1 Å². The van der Waals surface area contributed by atoms with Gasteiger partial charge in [0.05, 0.1) is 5.69 Å². The van der Waals surface area contributed by atoms with Crippen LogP contribution < -0.4 is 0 Å². The number of benzene rings is 2. The predicted octanol–water partition coefficient (Wildman–Crippen LogP) is 5.29. The molecule has 0 unspecified atom stereocenters. The fourth-order valence-electron chi connectivity index (χ4n) is 3.65. The molecular weight excluding hydrogens is 332 g/mol. The average Bonchev–Trinajstić information content (AvgIpc) is 2.74. The van der Waals surface area contributed by atoms with Crippen LogP contribution in [0.4, 0.5) is 0 Å². The zero-order chi connectivity index (χ0) is 18.6. The van der Waals surface area contributed by atoms with Crippen LogP contribution in [-0.4, -0.2) is 28.9 Å². The summed E-state index contributed by atoms with van der Waals surface area (Å²) in [6.45, 7) is 3.90. The summed E-state index contributed by atoms with van der Waals surface area (Å²) in [6.07, 6.45) is 2.14. The first-order valence-electron chi connectivity index (χ1n) is 9.63. The minimum absolute atomic E-state index is 0.0425. The van der Waals surface area contributed by atoms with Gasteiger partial charge < -0.3 is 4.90 Å². The number of nitrogens with zero attached hydrogens (tertiary/aromatic N) is 2. The van der Waals surface area contributed by atoms with Gasteiger partial charge >= 0.3 is 0 Å². The van der Waals surface area contributed by atoms with Crippen LogP contribution in [0.1, 0.15) is 30.3 Å². The van der Waals surface area contributed by atoms with E-state index in [2.05, 4.69) is 31.2 Å². The number of rotatable bonds is 3. The Balaban J connectivity index is 1.67. The molecule has 4 rings (SSSR count). The number of hydrogen-bond donors (Lipinski definition) is 0. The summed E-state index contributed by atoms with van der Waals surface area (Å²) in [7, 11) is 0. The molecule has 136 valence electrons. The first-order valence-corrected chi connectivity index (χ1v) is 9.63. The lowest BCUT2D eigenvalue weighted by atomic mass is 9.97. The Kier molecular flexibility index (Phi) is 5.01. The summed E-state index contributed by atoms with van der Waals surface area (Å²) in [5.41, 5.74) is 4.69. The fourth-order valence-corrected chi connectivity index (χ4v) is 3.65. The molecule has 3 heteroatoms. The van der Waals surface area contributed by atoms with Crippen molar-refractivity contribution < 1.29 is 4.79 Å². The minimum Gasteiger partial charge on any atom is -0.337 e. The zero-order valence-corrected chi connectivity index (χ0v) is 15.6. The van der Waals surface area contributed by atoms with E-state index in [0.29, 0.717) is 11.6 Å². The molecule has 1 fully saturated rings. The summed E-state index contributed by atoms with van der Waals surface area (Å²) in [6, 6.07) is 24.3. The second-order valence-corrected chi connectivity index (χ2v) is 7.29. The van der Waals surface area contributed by atoms with Gasteiger partial charge in [0.25, 0.3) is 5.91 Å². The highest BCUT2D eigenvalue weighted by Crippen LogP contribution is 2.31. The van der Waals surface area contributed by atoms with Crippen LogP contribution in [0.2, 0.25) is 0 Å². The quantitative estimate of drug-likeness (QED) is 0.639. The molecule has 2 aromatic carbocycles. The van der Waals surface area contributed by atoms with Crippen molar-refractivity contribution in [2.45, 2.75) is 19.8 Å². The molecule has 0 radical (unpaired) electrons. The topological polar surface area (TPSA) is 33.2 Å². The van der Waals surface area contributed by atoms with Crippen molar-refractivity contribution in [3.63, 3.8) is 0 Å². The molecule has 0 bridgehead atoms. The molecule has 0 N–H and O–H groups in total. The van der Waals surface area contributed by atoms with Gasteiger partial charge in [-0.2, -0.15) is 0 Å². The van der Waals surface area contributed by atoms with Crippen LogP contribution in [-0.2, 0) is 0 Å². The van der Waals surface area contributed by atoms with Gasteiger partial charge in [0, 0.05) is 18.7 Å². The number of pyridine rings is 1. The Morgan fingerprint density at radius 3 is 2.26 bits per heavy atom. The van der Waals surface area contributed by atoms with Crippen molar-refractivity contribution >= 4 is 5.91 Å². The van der Waals surface area contributed by atoms with E-state index in [9.17, 15) is 4.79 Å². The molecule has 0 spiro atoms. The first kappa shape index (κ1) is 17.5. The zero-order valence-electron chi connectivity index (χ0n) is 15.6. The van der Waals surface area contributed by atoms with Crippen molar-refractivity contribution in [3.05, 3.63) is 78.5 Å². The molecule has 1 aliphatic rings. The van der Waals surface area contributed by atoms with Gasteiger partial charge in [-0.25, -0.2) is 4.98 Å². The second kappa shape index (κ2) is 7.75. The van der Waals surface area contributed by atoms with Crippen LogP contribution in [0.5, 0.6) is 0 Å². The highest BCUT2D eigenvalue weighted by Gasteiger charge is 2.22. The number of likely N-dealkylation sites (tertiary alicyclic amines) is 1. The SMILES string of the molecule is CC1CCN(C(=O)c2cccc(-c3ccccc3-c3ccccc3)n2)CC1. The van der Waals surface area contributed by atoms with Crippen LogP contribution in [0.25, 0.3) is 22.4 Å². The van der Waals surface area contributed by atoms with Crippen molar-refractivity contribution in [2.24, 2.45) is 5.92 Å². The maximum atomic E-state index is 12.9. The standard InChI is InChI=1S/C24H24N2O/c1-18-14-16-26(17-15-18)24(27)23-13-7-12-22(25-23)21-11-6-5-10-20(21)19-8-3-2-4-9-19/h2-13,18H,14-17H2,1H3. The maximum absolute atomic E-state index is 12.9. The van der Waals surface area contributed by atoms with Gasteiger partial charge in [-0.05, 0) is 42.0 Å². The molecule has 0 saturated carbocycles. The van der Waals surface area contributed by atoms with Crippen LogP contribution in [0, 0.1) is 5.92 Å². The molecule has 2 heterocycles. The van der Waals surface area contributed by atoms with Crippen LogP contribution in [0.3, 0.4) is 0 Å². The van der Waals surface area contributed by atoms with E-state index in [4.69, 9.17) is 4.98 Å². The maximum Gasteiger partial charge on any atom is 0.272 e. The molecule has 1 saturated heterocycles. The molecule has 3 nitrogen and oxygen atoms in total. The summed E-state index contributed by atoms with van der Waals surface area (Å²) in [5, 5.41) is 0. The van der Waals surface area contributed by atoms with Crippen LogP contribution >= 0.6 is 0 Å². The van der Waals surface area contributed by atoms with Crippen molar-refractivity contribution in [3.8, 4) is 22.4 Å². The Hall–Kier alpha value is -2.94. The highest BCUT2D eigenvalue weighted by atomic mass is 16.2. The van der Waals surface area contributed by atoms with Crippen molar-refractivity contribution in [1.82, 2.24) is 9.88 Å². The molecule has 1 amide bonds. The predicted molar refractivity (Wildman–Crippen MR) is 109 cm³/mol. The van der Waals surface area contributed by atoms with E-state index < -0.39 is 0 Å². The van der Waals surface area contributed by atoms with Gasteiger partial charge in [-0.1, -0.05) is 67.6 Å². The number of hydrogen-bond acceptors (Lipinski definition) is 2. The Morgan fingerprint density at radius 1 is 0.852 bits per heavy atom. The van der Waals surface area contributed by atoms with Gasteiger partial charge in [0.15, 0.2) is 0 Å². The second-order valence-electron chi connectivity index (χ2n) is 7.29. The lowest BCUT2D eigenvalue weighted by Gasteiger charge is -2.30. The molecular formula is C24H24N2O. The number of carbonyl (C=O) groups is 1. The minimum atomic E-state index is 0.0425. The van der Waals surface area contributed by atoms with Crippen LogP contribution in [0.15, 0.2) is 72.8 Å². The monoisotopic (exact) mass is 356 g/mol. The van der Waals surface area contributed by atoms with Gasteiger partial charge in [-0.15, -0.1) is 0 Å². The highest BCUT2D eigenvalue weighted by molar-refractivity contribution is 5.93. The summed E-state index contributed by atoms with van der Waals surface area (Å²) in [5.74, 6) is 0.743. The third-order valence-electron chi connectivity index (χ3n) is 5.33. The summed E-state index contributed by atoms with van der Waals surface area (Å²) < 4.78 is 0. The third kappa shape index (κ3) is 3.77. The largest absolute Gasteiger partial charge is 0.337 e. The number of aromatic nitrogens is 1. The molecule has 1 aliphatic heterocycles. The molecule has 3 aromatic rings. The molecule has 0 aliphatic carbocycles. The van der Waals surface area contributed by atoms with E-state index in [1.54, 1.807) is 0 Å². The Morgan fingerprint density at radius 2 is 1.52 bits per heavy atom. The molecule has 1 aromatic heterocycles. The third-order valence-corrected chi connectivity index (χ3v) is 5.33. The lowest BCUT2D eigenvalue weighted by Crippen LogP contribution is -2.38.